The average molecular weight is 442 g/mol. The molecule has 7 nitrogen and oxygen atoms in total. The van der Waals surface area contributed by atoms with Crippen molar-refractivity contribution >= 4 is 35.2 Å². The van der Waals surface area contributed by atoms with Crippen LogP contribution in [0.1, 0.15) is 24.1 Å². The summed E-state index contributed by atoms with van der Waals surface area (Å²) in [7, 11) is 1.61. The summed E-state index contributed by atoms with van der Waals surface area (Å²) in [5, 5.41) is 9.08. The molecule has 0 aliphatic carbocycles. The first kappa shape index (κ1) is 20.3. The number of methoxy groups -OCH3 is 1. The molecule has 1 aromatic heterocycles. The van der Waals surface area contributed by atoms with Gasteiger partial charge < -0.3 is 15.8 Å². The van der Waals surface area contributed by atoms with Crippen molar-refractivity contribution in [2.24, 2.45) is 5.73 Å². The SMILES string of the molecule is COc1ccc([C@H]2C(C(N)=O)=C(C)Nc3nc(SCc4ccccc4Cl)nn32)cc1. The topological polar surface area (TPSA) is 95.1 Å². The number of nitrogens with one attached hydrogen (secondary N) is 1. The summed E-state index contributed by atoms with van der Waals surface area (Å²) >= 11 is 7.73. The number of hydrogen-bond acceptors (Lipinski definition) is 6. The molecule has 0 radical (unpaired) electrons. The van der Waals surface area contributed by atoms with Crippen LogP contribution in [0.5, 0.6) is 5.75 Å². The Balaban J connectivity index is 1.69. The second kappa shape index (κ2) is 8.41. The predicted octanol–water partition coefficient (Wildman–Crippen LogP) is 4.01. The molecule has 9 heteroatoms. The number of allylic oxidation sites excluding steroid dienone is 1. The number of primary amides is 1. The molecule has 1 atom stereocenters. The molecule has 0 fully saturated rings. The zero-order valence-corrected chi connectivity index (χ0v) is 18.0. The van der Waals surface area contributed by atoms with E-state index in [0.717, 1.165) is 16.9 Å². The maximum Gasteiger partial charge on any atom is 0.248 e. The van der Waals surface area contributed by atoms with Crippen LogP contribution in [0.25, 0.3) is 0 Å². The van der Waals surface area contributed by atoms with Gasteiger partial charge in [-0.2, -0.15) is 4.98 Å². The van der Waals surface area contributed by atoms with Gasteiger partial charge in [-0.1, -0.05) is 53.7 Å². The fourth-order valence-electron chi connectivity index (χ4n) is 3.36. The predicted molar refractivity (Wildman–Crippen MR) is 118 cm³/mol. The molecule has 3 aromatic rings. The highest BCUT2D eigenvalue weighted by atomic mass is 35.5. The van der Waals surface area contributed by atoms with Crippen LogP contribution in [0.3, 0.4) is 0 Å². The van der Waals surface area contributed by atoms with Gasteiger partial charge in [-0.05, 0) is 36.2 Å². The fourth-order valence-corrected chi connectivity index (χ4v) is 4.48. The average Bonchev–Trinajstić information content (AvgIpc) is 3.14. The molecule has 154 valence electrons. The van der Waals surface area contributed by atoms with Crippen LogP contribution in [0.2, 0.25) is 5.02 Å². The maximum atomic E-state index is 12.3. The first-order chi connectivity index (χ1) is 14.5. The molecular formula is C21H20ClN5O2S. The van der Waals surface area contributed by atoms with Crippen LogP contribution in [0.15, 0.2) is 65.0 Å². The molecular weight excluding hydrogens is 422 g/mol. The van der Waals surface area contributed by atoms with Gasteiger partial charge in [0, 0.05) is 16.5 Å². The van der Waals surface area contributed by atoms with Gasteiger partial charge in [-0.15, -0.1) is 5.10 Å². The Hall–Kier alpha value is -2.97. The molecule has 0 unspecified atom stereocenters. The normalized spacial score (nSPS) is 15.5. The van der Waals surface area contributed by atoms with Crippen molar-refractivity contribution in [1.82, 2.24) is 14.8 Å². The van der Waals surface area contributed by atoms with Gasteiger partial charge in [0.05, 0.1) is 12.7 Å². The van der Waals surface area contributed by atoms with Gasteiger partial charge in [-0.3, -0.25) is 4.79 Å². The van der Waals surface area contributed by atoms with E-state index in [4.69, 9.17) is 22.1 Å². The Bertz CT molecular complexity index is 1130. The summed E-state index contributed by atoms with van der Waals surface area (Å²) in [5.74, 6) is 1.40. The smallest absolute Gasteiger partial charge is 0.248 e. The number of nitrogens with two attached hydrogens (primary N) is 1. The number of nitrogens with zero attached hydrogens (tertiary/aromatic N) is 3. The van der Waals surface area contributed by atoms with Gasteiger partial charge >= 0.3 is 0 Å². The van der Waals surface area contributed by atoms with Crippen LogP contribution in [0, 0.1) is 0 Å². The standard InChI is InChI=1S/C21H20ClN5O2S/c1-12-17(19(23)28)18(13-7-9-15(29-2)10-8-13)27-20(24-12)25-21(26-27)30-11-14-5-3-4-6-16(14)22/h3-10,18H,11H2,1-2H3,(H2,23,28)(H,24,25,26)/t18-/m0/s1. The monoisotopic (exact) mass is 441 g/mol. The van der Waals surface area contributed by atoms with Crippen molar-refractivity contribution in [3.63, 3.8) is 0 Å². The van der Waals surface area contributed by atoms with E-state index in [9.17, 15) is 4.79 Å². The Morgan fingerprint density at radius 1 is 1.27 bits per heavy atom. The number of ether oxygens (including phenoxy) is 1. The maximum absolute atomic E-state index is 12.3. The van der Waals surface area contributed by atoms with Crippen LogP contribution in [0.4, 0.5) is 5.95 Å². The molecule has 1 aliphatic heterocycles. The molecule has 0 spiro atoms. The number of benzene rings is 2. The Morgan fingerprint density at radius 3 is 2.67 bits per heavy atom. The van der Waals surface area contributed by atoms with Crippen molar-refractivity contribution in [3.8, 4) is 5.75 Å². The van der Waals surface area contributed by atoms with Crippen molar-refractivity contribution < 1.29 is 9.53 Å². The summed E-state index contributed by atoms with van der Waals surface area (Å²) in [6, 6.07) is 14.7. The lowest BCUT2D eigenvalue weighted by molar-refractivity contribution is -0.115. The van der Waals surface area contributed by atoms with Crippen LogP contribution >= 0.6 is 23.4 Å². The summed E-state index contributed by atoms with van der Waals surface area (Å²) in [4.78, 5) is 16.9. The van der Waals surface area contributed by atoms with Crippen LogP contribution < -0.4 is 15.8 Å². The van der Waals surface area contributed by atoms with Crippen molar-refractivity contribution in [2.45, 2.75) is 23.9 Å². The molecule has 0 bridgehead atoms. The molecule has 0 saturated heterocycles. The second-order valence-electron chi connectivity index (χ2n) is 6.75. The molecule has 2 aromatic carbocycles. The highest BCUT2D eigenvalue weighted by molar-refractivity contribution is 7.98. The first-order valence-electron chi connectivity index (χ1n) is 9.22. The number of hydrogen-bond donors (Lipinski definition) is 2. The number of amides is 1. The largest absolute Gasteiger partial charge is 0.497 e. The zero-order valence-electron chi connectivity index (χ0n) is 16.4. The lowest BCUT2D eigenvalue weighted by Gasteiger charge is -2.27. The van der Waals surface area contributed by atoms with Crippen LogP contribution in [-0.2, 0) is 10.5 Å². The van der Waals surface area contributed by atoms with Crippen LogP contribution in [-0.4, -0.2) is 27.8 Å². The van der Waals surface area contributed by atoms with Gasteiger partial charge in [0.25, 0.3) is 0 Å². The van der Waals surface area contributed by atoms with Crippen molar-refractivity contribution in [3.05, 3.63) is 76.0 Å². The number of rotatable bonds is 6. The molecule has 30 heavy (non-hydrogen) atoms. The first-order valence-corrected chi connectivity index (χ1v) is 10.6. The minimum Gasteiger partial charge on any atom is -0.497 e. The number of aromatic nitrogens is 3. The molecule has 1 aliphatic rings. The minimum atomic E-state index is -0.507. The van der Waals surface area contributed by atoms with E-state index < -0.39 is 11.9 Å². The van der Waals surface area contributed by atoms with Crippen molar-refractivity contribution in [1.29, 1.82) is 0 Å². The Morgan fingerprint density at radius 2 is 2.00 bits per heavy atom. The number of halogens is 1. The Labute approximate surface area is 183 Å². The quantitative estimate of drug-likeness (QED) is 0.561. The molecule has 3 N–H and O–H groups in total. The minimum absolute atomic E-state index is 0.445. The molecule has 1 amide bonds. The molecule has 2 heterocycles. The number of carbonyl (C=O) groups excluding carboxylic acids is 1. The molecule has 4 rings (SSSR count). The third-order valence-corrected chi connectivity index (χ3v) is 6.10. The third-order valence-electron chi connectivity index (χ3n) is 4.84. The number of thioether (sulfide) groups is 1. The van der Waals surface area contributed by atoms with E-state index in [1.807, 2.05) is 55.5 Å². The van der Waals surface area contributed by atoms with E-state index >= 15 is 0 Å². The number of fused-ring (bicyclic) bond motifs is 1. The number of carbonyl (C=O) groups is 1. The lowest BCUT2D eigenvalue weighted by atomic mass is 9.95. The fraction of sp³-hybridized carbons (Fsp3) is 0.190. The highest BCUT2D eigenvalue weighted by Gasteiger charge is 2.33. The summed E-state index contributed by atoms with van der Waals surface area (Å²) < 4.78 is 6.94. The second-order valence-corrected chi connectivity index (χ2v) is 8.10. The van der Waals surface area contributed by atoms with E-state index in [-0.39, 0.29) is 0 Å². The van der Waals surface area contributed by atoms with Gasteiger partial charge in [-0.25, -0.2) is 4.68 Å². The van der Waals surface area contributed by atoms with E-state index in [1.165, 1.54) is 11.8 Å². The number of anilines is 1. The van der Waals surface area contributed by atoms with E-state index in [2.05, 4.69) is 15.4 Å². The van der Waals surface area contributed by atoms with Crippen molar-refractivity contribution in [2.75, 3.05) is 12.4 Å². The highest BCUT2D eigenvalue weighted by Crippen LogP contribution is 2.37. The summed E-state index contributed by atoms with van der Waals surface area (Å²) in [6.45, 7) is 1.81. The summed E-state index contributed by atoms with van der Waals surface area (Å²) in [6.07, 6.45) is 0. The van der Waals surface area contributed by atoms with Gasteiger partial charge in [0.15, 0.2) is 0 Å². The summed E-state index contributed by atoms with van der Waals surface area (Å²) in [5.41, 5.74) is 8.68. The van der Waals surface area contributed by atoms with E-state index in [0.29, 0.717) is 33.2 Å². The zero-order chi connectivity index (χ0) is 21.3. The molecule has 0 saturated carbocycles. The lowest BCUT2D eigenvalue weighted by Crippen LogP contribution is -2.31. The third kappa shape index (κ3) is 3.88. The van der Waals surface area contributed by atoms with Gasteiger partial charge in [0.2, 0.25) is 17.0 Å². The van der Waals surface area contributed by atoms with Gasteiger partial charge in [0.1, 0.15) is 11.8 Å². The van der Waals surface area contributed by atoms with E-state index in [1.54, 1.807) is 11.8 Å². The Kier molecular flexibility index (Phi) is 5.69.